The van der Waals surface area contributed by atoms with Crippen molar-refractivity contribution in [3.8, 4) is 0 Å². The minimum absolute atomic E-state index is 0.219. The van der Waals surface area contributed by atoms with E-state index >= 15 is 0 Å². The molecule has 1 saturated heterocycles. The zero-order valence-corrected chi connectivity index (χ0v) is 14.5. The first-order valence-electron chi connectivity index (χ1n) is 8.46. The molecule has 3 aliphatic rings. The molecule has 0 saturated carbocycles. The number of carbonyl (C=O) groups is 1. The smallest absolute Gasteiger partial charge is 0.254 e. The second-order valence-electron chi connectivity index (χ2n) is 6.40. The summed E-state index contributed by atoms with van der Waals surface area (Å²) >= 11 is 0. The molecule has 4 heterocycles. The van der Waals surface area contributed by atoms with Gasteiger partial charge in [0.1, 0.15) is 24.2 Å². The van der Waals surface area contributed by atoms with Crippen LogP contribution in [0.4, 0.5) is 0 Å². The average Bonchev–Trinajstić information content (AvgIpc) is 3.38. The van der Waals surface area contributed by atoms with E-state index in [1.54, 1.807) is 11.2 Å². The van der Waals surface area contributed by atoms with Gasteiger partial charge in [0.15, 0.2) is 6.17 Å². The number of aliphatic imine (C=N–C) groups is 3. The maximum absolute atomic E-state index is 11.7. The molecule has 0 bridgehead atoms. The number of nitrogens with two attached hydrogens (primary N) is 1. The van der Waals surface area contributed by atoms with E-state index in [0.29, 0.717) is 12.0 Å². The molecule has 5 atom stereocenters. The van der Waals surface area contributed by atoms with E-state index in [-0.39, 0.29) is 24.3 Å². The van der Waals surface area contributed by atoms with Crippen molar-refractivity contribution >= 4 is 24.0 Å². The number of nitrogens with zero attached hydrogens (tertiary/aromatic N) is 6. The fourth-order valence-electron chi connectivity index (χ4n) is 3.26. The van der Waals surface area contributed by atoms with Crippen LogP contribution in [-0.4, -0.2) is 93.2 Å². The quantitative estimate of drug-likeness (QED) is 0.447. The van der Waals surface area contributed by atoms with Gasteiger partial charge in [-0.1, -0.05) is 0 Å². The van der Waals surface area contributed by atoms with Crippen molar-refractivity contribution in [2.45, 2.75) is 37.1 Å². The largest absolute Gasteiger partial charge is 0.394 e. The molecule has 1 aromatic rings. The van der Waals surface area contributed by atoms with Gasteiger partial charge in [0.05, 0.1) is 30.8 Å². The van der Waals surface area contributed by atoms with Gasteiger partial charge in [-0.25, -0.2) is 9.67 Å². The lowest BCUT2D eigenvalue weighted by atomic mass is 10.1. The van der Waals surface area contributed by atoms with E-state index in [2.05, 4.69) is 25.4 Å². The normalized spacial score (nSPS) is 32.3. The van der Waals surface area contributed by atoms with Gasteiger partial charge in [-0.05, 0) is 0 Å². The van der Waals surface area contributed by atoms with Gasteiger partial charge in [-0.15, -0.1) is 0 Å². The van der Waals surface area contributed by atoms with Crippen LogP contribution >= 0.6 is 0 Å². The molecule has 3 aliphatic heterocycles. The van der Waals surface area contributed by atoms with Crippen LogP contribution in [0.25, 0.3) is 0 Å². The van der Waals surface area contributed by atoms with Crippen LogP contribution in [0.1, 0.15) is 16.8 Å². The number of amides is 1. The van der Waals surface area contributed by atoms with Crippen molar-refractivity contribution in [1.82, 2.24) is 20.0 Å². The lowest BCUT2D eigenvalue weighted by Gasteiger charge is -2.31. The van der Waals surface area contributed by atoms with E-state index in [1.165, 1.54) is 24.1 Å². The Bertz CT molecular complexity index is 834. The molecule has 12 heteroatoms. The SMILES string of the molecule is CNC(=O)c1cnn(C2=NC3C(N=CN3C3C[C@H](O)C(CO)O3)C(N)=N2)c1. The minimum Gasteiger partial charge on any atom is -0.394 e. The third kappa shape index (κ3) is 2.97. The van der Waals surface area contributed by atoms with E-state index in [0.717, 1.165) is 0 Å². The Morgan fingerprint density at radius 3 is 3.04 bits per heavy atom. The Labute approximate surface area is 154 Å². The highest BCUT2D eigenvalue weighted by molar-refractivity contribution is 6.03. The van der Waals surface area contributed by atoms with Gasteiger partial charge < -0.3 is 30.9 Å². The predicted octanol–water partition coefficient (Wildman–Crippen LogP) is -2.68. The third-order valence-corrected chi connectivity index (χ3v) is 4.72. The van der Waals surface area contributed by atoms with E-state index in [4.69, 9.17) is 10.5 Å². The molecule has 12 nitrogen and oxygen atoms in total. The van der Waals surface area contributed by atoms with Crippen molar-refractivity contribution in [2.24, 2.45) is 20.7 Å². The van der Waals surface area contributed by atoms with Crippen molar-refractivity contribution in [3.05, 3.63) is 18.0 Å². The molecule has 144 valence electrons. The highest BCUT2D eigenvalue weighted by atomic mass is 16.5. The number of carbonyl (C=O) groups excluding carboxylic acids is 1. The Balaban J connectivity index is 1.59. The molecular formula is C15H20N8O4. The molecular weight excluding hydrogens is 356 g/mol. The number of hydrogen-bond donors (Lipinski definition) is 4. The van der Waals surface area contributed by atoms with Crippen LogP contribution in [0, 0.1) is 0 Å². The fourth-order valence-corrected chi connectivity index (χ4v) is 3.26. The summed E-state index contributed by atoms with van der Waals surface area (Å²) in [5.41, 5.74) is 6.42. The minimum atomic E-state index is -0.772. The molecule has 27 heavy (non-hydrogen) atoms. The number of rotatable bonds is 3. The molecule has 0 aliphatic carbocycles. The maximum atomic E-state index is 11.7. The van der Waals surface area contributed by atoms with Crippen LogP contribution in [0.15, 0.2) is 27.4 Å². The Morgan fingerprint density at radius 1 is 1.52 bits per heavy atom. The summed E-state index contributed by atoms with van der Waals surface area (Å²) < 4.78 is 7.06. The number of amidine groups is 1. The summed E-state index contributed by atoms with van der Waals surface area (Å²) in [6.07, 6.45) is 2.36. The zero-order chi connectivity index (χ0) is 19.1. The summed E-state index contributed by atoms with van der Waals surface area (Å²) in [5, 5.41) is 25.9. The van der Waals surface area contributed by atoms with Gasteiger partial charge in [0.25, 0.3) is 5.91 Å². The zero-order valence-electron chi connectivity index (χ0n) is 14.5. The first-order valence-corrected chi connectivity index (χ1v) is 8.46. The number of hydrogen-bond acceptors (Lipinski definition) is 10. The van der Waals surface area contributed by atoms with Crippen LogP contribution in [0.2, 0.25) is 0 Å². The Kier molecular flexibility index (Phi) is 4.37. The lowest BCUT2D eigenvalue weighted by molar-refractivity contribution is -0.0629. The molecule has 1 fully saturated rings. The topological polar surface area (TPSA) is 163 Å². The number of ether oxygens (including phenoxy) is 1. The summed E-state index contributed by atoms with van der Waals surface area (Å²) in [4.78, 5) is 26.6. The molecule has 0 aromatic carbocycles. The van der Waals surface area contributed by atoms with Crippen LogP contribution < -0.4 is 11.1 Å². The van der Waals surface area contributed by atoms with Crippen molar-refractivity contribution < 1.29 is 19.7 Å². The number of fused-ring (bicyclic) bond motifs is 1. The molecule has 4 rings (SSSR count). The average molecular weight is 376 g/mol. The maximum Gasteiger partial charge on any atom is 0.254 e. The molecule has 4 unspecified atom stereocenters. The Morgan fingerprint density at radius 2 is 2.33 bits per heavy atom. The fraction of sp³-hybridized carbons (Fsp3) is 0.533. The highest BCUT2D eigenvalue weighted by Crippen LogP contribution is 2.29. The van der Waals surface area contributed by atoms with E-state index in [1.807, 2.05) is 0 Å². The van der Waals surface area contributed by atoms with Gasteiger partial charge in [-0.2, -0.15) is 10.1 Å². The number of aromatic nitrogens is 2. The van der Waals surface area contributed by atoms with Crippen molar-refractivity contribution in [1.29, 1.82) is 0 Å². The van der Waals surface area contributed by atoms with Crippen LogP contribution in [0.3, 0.4) is 0 Å². The summed E-state index contributed by atoms with van der Waals surface area (Å²) in [6, 6.07) is -0.475. The van der Waals surface area contributed by atoms with Crippen LogP contribution in [0.5, 0.6) is 0 Å². The molecule has 1 aromatic heterocycles. The van der Waals surface area contributed by atoms with E-state index in [9.17, 15) is 15.0 Å². The van der Waals surface area contributed by atoms with Gasteiger partial charge >= 0.3 is 0 Å². The van der Waals surface area contributed by atoms with Crippen molar-refractivity contribution in [2.75, 3.05) is 13.7 Å². The lowest BCUT2D eigenvalue weighted by Crippen LogP contribution is -2.49. The standard InChI is InChI=1S/C15H20N8O4/c1-17-14(26)7-3-19-23(4-7)15-20-12(16)11-13(21-15)22(6-18-11)10-2-8(25)9(5-24)27-10/h3-4,6,8-11,13,24-25H,2,5H2,1H3,(H,17,26)(H2,16,20,21)/t8-,9?,10?,11?,13?/m0/s1. The van der Waals surface area contributed by atoms with Crippen molar-refractivity contribution in [3.63, 3.8) is 0 Å². The number of aliphatic hydroxyl groups is 2. The summed E-state index contributed by atoms with van der Waals surface area (Å²) in [7, 11) is 1.53. The second-order valence-corrected chi connectivity index (χ2v) is 6.40. The molecule has 0 radical (unpaired) electrons. The van der Waals surface area contributed by atoms with Gasteiger partial charge in [0.2, 0.25) is 5.96 Å². The third-order valence-electron chi connectivity index (χ3n) is 4.72. The van der Waals surface area contributed by atoms with Crippen LogP contribution in [-0.2, 0) is 4.74 Å². The summed E-state index contributed by atoms with van der Waals surface area (Å²) in [5.74, 6) is 0.205. The first kappa shape index (κ1) is 17.6. The first-order chi connectivity index (χ1) is 13.0. The predicted molar refractivity (Wildman–Crippen MR) is 94.4 cm³/mol. The monoisotopic (exact) mass is 376 g/mol. The van der Waals surface area contributed by atoms with E-state index < -0.39 is 30.6 Å². The molecule has 1 amide bonds. The molecule has 5 N–H and O–H groups in total. The summed E-state index contributed by atoms with van der Waals surface area (Å²) in [6.45, 7) is -0.273. The number of aliphatic hydroxyl groups excluding tert-OH is 2. The Hall–Kier alpha value is -2.83. The molecule has 0 spiro atoms. The second kappa shape index (κ2) is 6.72. The van der Waals surface area contributed by atoms with Gasteiger partial charge in [0, 0.05) is 19.7 Å². The number of nitrogens with one attached hydrogen (secondary N) is 1. The van der Waals surface area contributed by atoms with Gasteiger partial charge in [-0.3, -0.25) is 9.79 Å². The highest BCUT2D eigenvalue weighted by Gasteiger charge is 2.45.